The molecule has 2 aromatic rings. The lowest BCUT2D eigenvalue weighted by Gasteiger charge is -2.04. The Morgan fingerprint density at radius 3 is 3.00 bits per heavy atom. The van der Waals surface area contributed by atoms with Crippen molar-refractivity contribution < 1.29 is 9.21 Å². The van der Waals surface area contributed by atoms with Crippen LogP contribution in [-0.2, 0) is 10.5 Å². The number of hydrogen-bond donors (Lipinski definition) is 1. The molecule has 1 aromatic heterocycles. The normalized spacial score (nSPS) is 10.9. The van der Waals surface area contributed by atoms with Crippen LogP contribution >= 0.6 is 27.7 Å². The molecule has 0 fully saturated rings. The number of furan rings is 1. The molecule has 0 bridgehead atoms. The van der Waals surface area contributed by atoms with Crippen molar-refractivity contribution in [1.29, 1.82) is 0 Å². The fourth-order valence-corrected chi connectivity index (χ4v) is 2.43. The Bertz CT molecular complexity index is 608. The molecule has 3 nitrogen and oxygen atoms in total. The highest BCUT2D eigenvalue weighted by Gasteiger charge is 2.00. The van der Waals surface area contributed by atoms with Gasteiger partial charge >= 0.3 is 0 Å². The van der Waals surface area contributed by atoms with E-state index in [0.717, 1.165) is 21.5 Å². The predicted octanol–water partition coefficient (Wildman–Crippen LogP) is 4.74. The van der Waals surface area contributed by atoms with Gasteiger partial charge in [-0.3, -0.25) is 4.79 Å². The number of halogens is 1. The molecule has 1 amide bonds. The van der Waals surface area contributed by atoms with E-state index in [4.69, 9.17) is 4.42 Å². The maximum absolute atomic E-state index is 11.7. The van der Waals surface area contributed by atoms with Gasteiger partial charge in [0.1, 0.15) is 5.76 Å². The number of rotatable bonds is 5. The molecule has 0 radical (unpaired) electrons. The number of aryl methyl sites for hydroxylation is 1. The molecule has 1 heterocycles. The van der Waals surface area contributed by atoms with Crippen molar-refractivity contribution in [2.45, 2.75) is 12.7 Å². The van der Waals surface area contributed by atoms with Gasteiger partial charge in [0.15, 0.2) is 0 Å². The van der Waals surface area contributed by atoms with Crippen LogP contribution < -0.4 is 5.32 Å². The van der Waals surface area contributed by atoms with Crippen LogP contribution in [0.25, 0.3) is 0 Å². The first-order chi connectivity index (χ1) is 9.65. The largest absolute Gasteiger partial charge is 0.468 e. The highest BCUT2D eigenvalue weighted by molar-refractivity contribution is 9.10. The Morgan fingerprint density at radius 2 is 2.30 bits per heavy atom. The summed E-state index contributed by atoms with van der Waals surface area (Å²) in [5.74, 6) is 1.47. The van der Waals surface area contributed by atoms with E-state index in [1.54, 1.807) is 11.7 Å². The van der Waals surface area contributed by atoms with E-state index in [1.165, 1.54) is 17.8 Å². The zero-order valence-corrected chi connectivity index (χ0v) is 13.3. The minimum Gasteiger partial charge on any atom is -0.468 e. The highest BCUT2D eigenvalue weighted by atomic mass is 79.9. The molecule has 1 N–H and O–H groups in total. The van der Waals surface area contributed by atoms with Gasteiger partial charge in [-0.05, 0) is 48.2 Å². The fourth-order valence-electron chi connectivity index (χ4n) is 1.54. The maximum Gasteiger partial charge on any atom is 0.248 e. The van der Waals surface area contributed by atoms with Crippen LogP contribution in [0.2, 0.25) is 0 Å². The van der Waals surface area contributed by atoms with E-state index in [1.807, 2.05) is 37.3 Å². The van der Waals surface area contributed by atoms with Gasteiger partial charge < -0.3 is 9.73 Å². The SMILES string of the molecule is Cc1cc(NC(=O)C=CSCc2ccco2)ccc1Br. The second kappa shape index (κ2) is 7.36. The van der Waals surface area contributed by atoms with E-state index in [0.29, 0.717) is 5.75 Å². The second-order valence-corrected chi connectivity index (χ2v) is 5.89. The van der Waals surface area contributed by atoms with E-state index < -0.39 is 0 Å². The molecule has 0 saturated carbocycles. The molecule has 104 valence electrons. The number of carbonyl (C=O) groups is 1. The number of anilines is 1. The van der Waals surface area contributed by atoms with Crippen LogP contribution in [0.3, 0.4) is 0 Å². The minimum absolute atomic E-state index is 0.140. The third-order valence-electron chi connectivity index (χ3n) is 2.55. The molecule has 0 atom stereocenters. The summed E-state index contributed by atoms with van der Waals surface area (Å²) in [5, 5.41) is 4.59. The molecule has 0 spiro atoms. The monoisotopic (exact) mass is 351 g/mol. The molecule has 20 heavy (non-hydrogen) atoms. The molecule has 2 rings (SSSR count). The van der Waals surface area contributed by atoms with Crippen molar-refractivity contribution in [3.8, 4) is 0 Å². The molecule has 0 aliphatic rings. The average Bonchev–Trinajstić information content (AvgIpc) is 2.92. The molecule has 1 aromatic carbocycles. The van der Waals surface area contributed by atoms with E-state index >= 15 is 0 Å². The van der Waals surface area contributed by atoms with Crippen LogP contribution in [0.4, 0.5) is 5.69 Å². The number of thioether (sulfide) groups is 1. The second-order valence-electron chi connectivity index (χ2n) is 4.15. The molecule has 0 aliphatic heterocycles. The third kappa shape index (κ3) is 4.58. The Balaban J connectivity index is 1.81. The fraction of sp³-hybridized carbons (Fsp3) is 0.133. The first-order valence-corrected chi connectivity index (χ1v) is 7.87. The molecule has 0 aliphatic carbocycles. The summed E-state index contributed by atoms with van der Waals surface area (Å²) in [6.45, 7) is 1.98. The Kier molecular flexibility index (Phi) is 5.49. The molecule has 5 heteroatoms. The summed E-state index contributed by atoms with van der Waals surface area (Å²) in [7, 11) is 0. The minimum atomic E-state index is -0.140. The number of nitrogens with one attached hydrogen (secondary N) is 1. The lowest BCUT2D eigenvalue weighted by Crippen LogP contribution is -2.07. The summed E-state index contributed by atoms with van der Waals surface area (Å²) < 4.78 is 6.23. The van der Waals surface area contributed by atoms with Crippen LogP contribution in [0.1, 0.15) is 11.3 Å². The van der Waals surface area contributed by atoms with E-state index in [2.05, 4.69) is 21.2 Å². The highest BCUT2D eigenvalue weighted by Crippen LogP contribution is 2.20. The number of hydrogen-bond acceptors (Lipinski definition) is 3. The molecule has 0 unspecified atom stereocenters. The lowest BCUT2D eigenvalue weighted by atomic mass is 10.2. The zero-order chi connectivity index (χ0) is 14.4. The molecular weight excluding hydrogens is 338 g/mol. The van der Waals surface area contributed by atoms with E-state index in [-0.39, 0.29) is 5.91 Å². The van der Waals surface area contributed by atoms with Crippen LogP contribution in [0, 0.1) is 6.92 Å². The standard InChI is InChI=1S/C15H14BrNO2S/c1-11-9-12(4-5-14(11)16)17-15(18)6-8-20-10-13-3-2-7-19-13/h2-9H,10H2,1H3,(H,17,18). The third-order valence-corrected chi connectivity index (χ3v) is 4.22. The van der Waals surface area contributed by atoms with Crippen LogP contribution in [0.15, 0.2) is 57.0 Å². The predicted molar refractivity (Wildman–Crippen MR) is 86.7 cm³/mol. The van der Waals surface area contributed by atoms with Gasteiger partial charge in [0.25, 0.3) is 0 Å². The number of benzene rings is 1. The van der Waals surface area contributed by atoms with Gasteiger partial charge in [0.05, 0.1) is 12.0 Å². The van der Waals surface area contributed by atoms with Crippen molar-refractivity contribution in [2.24, 2.45) is 0 Å². The van der Waals surface area contributed by atoms with Gasteiger partial charge in [-0.2, -0.15) is 0 Å². The van der Waals surface area contributed by atoms with Crippen molar-refractivity contribution >= 4 is 39.3 Å². The van der Waals surface area contributed by atoms with Gasteiger partial charge in [0.2, 0.25) is 5.91 Å². The summed E-state index contributed by atoms with van der Waals surface area (Å²) in [5.41, 5.74) is 1.87. The number of amides is 1. The quantitative estimate of drug-likeness (QED) is 0.791. The van der Waals surface area contributed by atoms with Gasteiger partial charge in [-0.1, -0.05) is 15.9 Å². The summed E-state index contributed by atoms with van der Waals surface area (Å²) in [6, 6.07) is 9.46. The number of carbonyl (C=O) groups excluding carboxylic acids is 1. The average molecular weight is 352 g/mol. The van der Waals surface area contributed by atoms with Crippen LogP contribution in [0.5, 0.6) is 0 Å². The molecular formula is C15H14BrNO2S. The maximum atomic E-state index is 11.7. The summed E-state index contributed by atoms with van der Waals surface area (Å²) in [4.78, 5) is 11.7. The summed E-state index contributed by atoms with van der Waals surface area (Å²) >= 11 is 4.94. The first-order valence-electron chi connectivity index (χ1n) is 6.03. The van der Waals surface area contributed by atoms with Crippen molar-refractivity contribution in [3.63, 3.8) is 0 Å². The van der Waals surface area contributed by atoms with Gasteiger partial charge in [-0.15, -0.1) is 11.8 Å². The van der Waals surface area contributed by atoms with Crippen molar-refractivity contribution in [2.75, 3.05) is 5.32 Å². The van der Waals surface area contributed by atoms with Crippen molar-refractivity contribution in [3.05, 3.63) is 63.9 Å². The Morgan fingerprint density at radius 1 is 1.45 bits per heavy atom. The van der Waals surface area contributed by atoms with Gasteiger partial charge in [0, 0.05) is 16.2 Å². The van der Waals surface area contributed by atoms with Crippen molar-refractivity contribution in [1.82, 2.24) is 0 Å². The summed E-state index contributed by atoms with van der Waals surface area (Å²) in [6.07, 6.45) is 3.16. The topological polar surface area (TPSA) is 42.2 Å². The van der Waals surface area contributed by atoms with E-state index in [9.17, 15) is 4.79 Å². The van der Waals surface area contributed by atoms with Gasteiger partial charge in [-0.25, -0.2) is 0 Å². The first kappa shape index (κ1) is 14.9. The van der Waals surface area contributed by atoms with Crippen LogP contribution in [-0.4, -0.2) is 5.91 Å². The Labute approximate surface area is 130 Å². The molecule has 0 saturated heterocycles. The zero-order valence-electron chi connectivity index (χ0n) is 10.9. The Hall–Kier alpha value is -1.46. The smallest absolute Gasteiger partial charge is 0.248 e. The lowest BCUT2D eigenvalue weighted by molar-refractivity contribution is -0.111.